The zero-order chi connectivity index (χ0) is 21.3. The molecular formula is C21H22N4O4. The Labute approximate surface area is 167 Å². The molecule has 1 aromatic heterocycles. The van der Waals surface area contributed by atoms with Gasteiger partial charge in [0.2, 0.25) is 0 Å². The third-order valence-corrected chi connectivity index (χ3v) is 4.74. The van der Waals surface area contributed by atoms with Crippen molar-refractivity contribution < 1.29 is 14.7 Å². The van der Waals surface area contributed by atoms with E-state index in [0.29, 0.717) is 5.56 Å². The number of carbonyl (C=O) groups excluding carboxylic acids is 1. The maximum absolute atomic E-state index is 12.9. The van der Waals surface area contributed by atoms with E-state index < -0.39 is 18.1 Å². The van der Waals surface area contributed by atoms with Crippen LogP contribution in [0, 0.1) is 6.92 Å². The van der Waals surface area contributed by atoms with Gasteiger partial charge >= 0.3 is 5.97 Å². The number of rotatable bonds is 5. The molecule has 2 aromatic rings. The first-order valence-electron chi connectivity index (χ1n) is 8.98. The molecule has 0 atom stereocenters. The van der Waals surface area contributed by atoms with Crippen molar-refractivity contribution in [3.05, 3.63) is 68.1 Å². The Bertz CT molecular complexity index is 1190. The number of anilines is 1. The lowest BCUT2D eigenvalue weighted by molar-refractivity contribution is -0.137. The lowest BCUT2D eigenvalue weighted by atomic mass is 10.1. The number of allylic oxidation sites excluding steroid dienone is 1. The van der Waals surface area contributed by atoms with E-state index in [2.05, 4.69) is 5.10 Å². The van der Waals surface area contributed by atoms with Crippen molar-refractivity contribution >= 4 is 29.7 Å². The van der Waals surface area contributed by atoms with Gasteiger partial charge in [-0.1, -0.05) is 24.3 Å². The molecule has 1 aliphatic rings. The molecule has 0 spiro atoms. The summed E-state index contributed by atoms with van der Waals surface area (Å²) in [6, 6.07) is 7.87. The number of pyridine rings is 1. The Morgan fingerprint density at radius 3 is 2.45 bits per heavy atom. The second kappa shape index (κ2) is 7.75. The summed E-state index contributed by atoms with van der Waals surface area (Å²) in [6.45, 7) is 1.10. The predicted molar refractivity (Wildman–Crippen MR) is 110 cm³/mol. The first kappa shape index (κ1) is 20.1. The van der Waals surface area contributed by atoms with Crippen molar-refractivity contribution in [1.29, 1.82) is 0 Å². The fourth-order valence-electron chi connectivity index (χ4n) is 3.17. The number of hydrogen-bond acceptors (Lipinski definition) is 5. The lowest BCUT2D eigenvalue weighted by Crippen LogP contribution is -2.47. The lowest BCUT2D eigenvalue weighted by Gasteiger charge is -2.11. The number of amides is 1. The van der Waals surface area contributed by atoms with E-state index in [4.69, 9.17) is 0 Å². The zero-order valence-corrected chi connectivity index (χ0v) is 16.7. The minimum absolute atomic E-state index is 0.0859. The molecule has 0 unspecified atom stereocenters. The molecule has 0 saturated heterocycles. The van der Waals surface area contributed by atoms with E-state index in [1.54, 1.807) is 19.1 Å². The van der Waals surface area contributed by atoms with E-state index >= 15 is 0 Å². The Balaban J connectivity index is 2.10. The van der Waals surface area contributed by atoms with Crippen molar-refractivity contribution in [2.75, 3.05) is 26.0 Å². The van der Waals surface area contributed by atoms with Gasteiger partial charge in [-0.25, -0.2) is 5.01 Å². The maximum Gasteiger partial charge on any atom is 0.323 e. The maximum atomic E-state index is 12.9. The molecule has 29 heavy (non-hydrogen) atoms. The Morgan fingerprint density at radius 1 is 1.21 bits per heavy atom. The molecule has 1 aromatic carbocycles. The SMILES string of the molecule is Cc1c2c(n(CC(=O)O)c(=O)/c1=C\C=Cc1ccc(N(C)C)cc1)=NN(C)C2=O. The molecule has 1 amide bonds. The van der Waals surface area contributed by atoms with E-state index in [0.717, 1.165) is 20.8 Å². The van der Waals surface area contributed by atoms with Gasteiger partial charge in [-0.05, 0) is 36.3 Å². The standard InChI is InChI=1S/C21H22N4O4/c1-13-16(7-5-6-14-8-10-15(11-9-14)23(2)3)20(28)25(12-17(26)27)19-18(13)21(29)24(4)22-19/h5-11H,12H2,1-4H3,(H,26,27)/b6-5?,16-7-. The number of hydrogen-bond donors (Lipinski definition) is 1. The normalized spacial score (nSPS) is 13.7. The first-order valence-corrected chi connectivity index (χ1v) is 8.98. The highest BCUT2D eigenvalue weighted by Gasteiger charge is 2.27. The van der Waals surface area contributed by atoms with Gasteiger partial charge in [0.25, 0.3) is 11.5 Å². The van der Waals surface area contributed by atoms with Crippen LogP contribution in [-0.4, -0.2) is 47.7 Å². The van der Waals surface area contributed by atoms with E-state index in [-0.39, 0.29) is 22.2 Å². The number of aliphatic carboxylic acids is 1. The van der Waals surface area contributed by atoms with Gasteiger partial charge in [-0.3, -0.25) is 19.0 Å². The number of carbonyl (C=O) groups is 2. The molecule has 0 radical (unpaired) electrons. The fraction of sp³-hybridized carbons (Fsp3) is 0.238. The number of benzene rings is 1. The van der Waals surface area contributed by atoms with Crippen LogP contribution in [-0.2, 0) is 11.3 Å². The van der Waals surface area contributed by atoms with E-state index in [1.165, 1.54) is 7.05 Å². The van der Waals surface area contributed by atoms with Crippen molar-refractivity contribution in [3.63, 3.8) is 0 Å². The van der Waals surface area contributed by atoms with Crippen molar-refractivity contribution in [3.8, 4) is 0 Å². The summed E-state index contributed by atoms with van der Waals surface area (Å²) in [4.78, 5) is 38.6. The van der Waals surface area contributed by atoms with Crippen LogP contribution < -0.4 is 21.2 Å². The van der Waals surface area contributed by atoms with Crippen LogP contribution in [0.2, 0.25) is 0 Å². The van der Waals surface area contributed by atoms with Gasteiger partial charge in [-0.15, -0.1) is 0 Å². The summed E-state index contributed by atoms with van der Waals surface area (Å²) in [5, 5.41) is 14.6. The second-order valence-corrected chi connectivity index (χ2v) is 6.96. The molecule has 1 N–H and O–H groups in total. The van der Waals surface area contributed by atoms with Crippen molar-refractivity contribution in [2.45, 2.75) is 13.5 Å². The topological polar surface area (TPSA) is 95.2 Å². The number of carboxylic acids is 1. The number of carboxylic acid groups (broad SMARTS) is 1. The average Bonchev–Trinajstić information content (AvgIpc) is 2.96. The van der Waals surface area contributed by atoms with Crippen LogP contribution in [0.1, 0.15) is 21.5 Å². The van der Waals surface area contributed by atoms with Crippen LogP contribution >= 0.6 is 0 Å². The minimum Gasteiger partial charge on any atom is -0.480 e. The molecule has 0 fully saturated rings. The Morgan fingerprint density at radius 2 is 1.86 bits per heavy atom. The molecular weight excluding hydrogens is 372 g/mol. The average molecular weight is 394 g/mol. The highest BCUT2D eigenvalue weighted by Crippen LogP contribution is 2.13. The monoisotopic (exact) mass is 394 g/mol. The third kappa shape index (κ3) is 3.82. The molecule has 8 nitrogen and oxygen atoms in total. The smallest absolute Gasteiger partial charge is 0.323 e. The molecule has 150 valence electrons. The van der Waals surface area contributed by atoms with Gasteiger partial charge in [0.05, 0.1) is 5.56 Å². The predicted octanol–water partition coefficient (Wildman–Crippen LogP) is 0.421. The van der Waals surface area contributed by atoms with Gasteiger partial charge in [-0.2, -0.15) is 5.10 Å². The highest BCUT2D eigenvalue weighted by atomic mass is 16.4. The molecule has 0 aliphatic carbocycles. The van der Waals surface area contributed by atoms with Crippen LogP contribution in [0.4, 0.5) is 5.69 Å². The van der Waals surface area contributed by atoms with Crippen molar-refractivity contribution in [2.24, 2.45) is 5.10 Å². The van der Waals surface area contributed by atoms with Crippen LogP contribution in [0.3, 0.4) is 0 Å². The van der Waals surface area contributed by atoms with Gasteiger partial charge in [0, 0.05) is 32.0 Å². The van der Waals surface area contributed by atoms with Crippen molar-refractivity contribution in [1.82, 2.24) is 9.58 Å². The fourth-order valence-corrected chi connectivity index (χ4v) is 3.17. The summed E-state index contributed by atoms with van der Waals surface area (Å²) in [5.41, 5.74) is 2.34. The molecule has 8 heteroatoms. The largest absolute Gasteiger partial charge is 0.480 e. The zero-order valence-electron chi connectivity index (χ0n) is 16.7. The summed E-state index contributed by atoms with van der Waals surface area (Å²) in [5.74, 6) is -1.55. The van der Waals surface area contributed by atoms with Crippen LogP contribution in [0.25, 0.3) is 12.2 Å². The molecule has 3 rings (SSSR count). The number of nitrogens with zero attached hydrogens (tertiary/aromatic N) is 4. The molecule has 0 bridgehead atoms. The third-order valence-electron chi connectivity index (χ3n) is 4.74. The Hall–Kier alpha value is -3.68. The highest BCUT2D eigenvalue weighted by molar-refractivity contribution is 5.96. The van der Waals surface area contributed by atoms with Crippen LogP contribution in [0.15, 0.2) is 40.2 Å². The van der Waals surface area contributed by atoms with E-state index in [9.17, 15) is 19.5 Å². The summed E-state index contributed by atoms with van der Waals surface area (Å²) < 4.78 is 1.03. The van der Waals surface area contributed by atoms with Crippen LogP contribution in [0.5, 0.6) is 0 Å². The first-order chi connectivity index (χ1) is 13.7. The number of fused-ring (bicyclic) bond motifs is 1. The molecule has 1 aliphatic heterocycles. The van der Waals surface area contributed by atoms with Gasteiger partial charge in [0.15, 0.2) is 5.49 Å². The Kier molecular flexibility index (Phi) is 5.36. The summed E-state index contributed by atoms with van der Waals surface area (Å²) >= 11 is 0. The quantitative estimate of drug-likeness (QED) is 0.793. The summed E-state index contributed by atoms with van der Waals surface area (Å²) in [6.07, 6.45) is 5.15. The van der Waals surface area contributed by atoms with E-state index in [1.807, 2.05) is 49.3 Å². The molecule has 0 saturated carbocycles. The number of aromatic nitrogens is 1. The van der Waals surface area contributed by atoms with Gasteiger partial charge < -0.3 is 10.0 Å². The minimum atomic E-state index is -1.18. The second-order valence-electron chi connectivity index (χ2n) is 6.96. The van der Waals surface area contributed by atoms with Gasteiger partial charge in [0.1, 0.15) is 6.54 Å². The summed E-state index contributed by atoms with van der Waals surface area (Å²) in [7, 11) is 5.39. The molecule has 2 heterocycles.